The van der Waals surface area contributed by atoms with Gasteiger partial charge in [-0.3, -0.25) is 10.4 Å². The third-order valence-electron chi connectivity index (χ3n) is 5.78. The summed E-state index contributed by atoms with van der Waals surface area (Å²) in [6.07, 6.45) is 5.11. The fourth-order valence-corrected chi connectivity index (χ4v) is 3.81. The quantitative estimate of drug-likeness (QED) is 0.533. The molecule has 1 unspecified atom stereocenters. The molecule has 2 heterocycles. The molecule has 172 valence electrons. The van der Waals surface area contributed by atoms with Gasteiger partial charge in [0.05, 0.1) is 17.1 Å². The van der Waals surface area contributed by atoms with E-state index >= 15 is 0 Å². The average Bonchev–Trinajstić information content (AvgIpc) is 3.63. The molecular weight excluding hydrogens is 421 g/mol. The van der Waals surface area contributed by atoms with Crippen LogP contribution in [-0.4, -0.2) is 35.7 Å². The minimum Gasteiger partial charge on any atom is -0.482 e. The van der Waals surface area contributed by atoms with Crippen LogP contribution in [0.5, 0.6) is 5.75 Å². The fraction of sp³-hybridized carbons (Fsp3) is 0.333. The first-order valence-corrected chi connectivity index (χ1v) is 10.9. The zero-order valence-corrected chi connectivity index (χ0v) is 18.7. The number of fused-ring (bicyclic) bond motifs is 3. The zero-order chi connectivity index (χ0) is 23.5. The monoisotopic (exact) mass is 449 g/mol. The van der Waals surface area contributed by atoms with Crippen molar-refractivity contribution in [2.24, 2.45) is 21.7 Å². The molecule has 1 aliphatic heterocycles. The lowest BCUT2D eigenvalue weighted by Gasteiger charge is -2.22. The van der Waals surface area contributed by atoms with Crippen molar-refractivity contribution >= 4 is 23.0 Å². The molecule has 0 saturated heterocycles. The van der Waals surface area contributed by atoms with Crippen molar-refractivity contribution in [2.45, 2.75) is 32.3 Å². The number of aliphatic imine (C=N–C) groups is 1. The number of rotatable bonds is 3. The Balaban J connectivity index is 1.91. The molecule has 33 heavy (non-hydrogen) atoms. The van der Waals surface area contributed by atoms with Gasteiger partial charge in [-0.1, -0.05) is 0 Å². The van der Waals surface area contributed by atoms with E-state index in [9.17, 15) is 4.39 Å². The number of nitrogens with zero attached hydrogens (tertiary/aromatic N) is 3. The van der Waals surface area contributed by atoms with Gasteiger partial charge in [0.2, 0.25) is 0 Å². The molecule has 2 bridgehead atoms. The second-order valence-corrected chi connectivity index (χ2v) is 8.26. The molecule has 4 rings (SSSR count). The molecule has 8 nitrogen and oxygen atoms in total. The SMILES string of the molecule is CN/N=C1/CC(=CN)C(=NCC2CC2)c2cnc(N)c(c2)OC(C)c2cc(F)ccc2C1=N. The summed E-state index contributed by atoms with van der Waals surface area (Å²) >= 11 is 0. The number of anilines is 1. The Kier molecular flexibility index (Phi) is 6.39. The number of benzene rings is 1. The third-order valence-corrected chi connectivity index (χ3v) is 5.78. The second kappa shape index (κ2) is 9.40. The first-order chi connectivity index (χ1) is 15.9. The van der Waals surface area contributed by atoms with Crippen LogP contribution in [-0.2, 0) is 0 Å². The van der Waals surface area contributed by atoms with Crippen molar-refractivity contribution in [1.29, 1.82) is 5.41 Å². The van der Waals surface area contributed by atoms with E-state index in [0.29, 0.717) is 51.9 Å². The van der Waals surface area contributed by atoms with E-state index in [4.69, 9.17) is 26.6 Å². The second-order valence-electron chi connectivity index (χ2n) is 8.26. The maximum absolute atomic E-state index is 14.2. The lowest BCUT2D eigenvalue weighted by molar-refractivity contribution is 0.227. The van der Waals surface area contributed by atoms with Gasteiger partial charge in [-0.25, -0.2) is 9.37 Å². The van der Waals surface area contributed by atoms with Gasteiger partial charge in [0.1, 0.15) is 11.9 Å². The molecule has 0 spiro atoms. The molecule has 1 fully saturated rings. The number of nitrogens with two attached hydrogens (primary N) is 2. The summed E-state index contributed by atoms with van der Waals surface area (Å²) < 4.78 is 20.3. The molecule has 2 aliphatic rings. The van der Waals surface area contributed by atoms with Crippen molar-refractivity contribution in [3.8, 4) is 5.75 Å². The van der Waals surface area contributed by atoms with Gasteiger partial charge >= 0.3 is 0 Å². The minimum absolute atomic E-state index is 0.144. The number of hydrogen-bond donors (Lipinski definition) is 4. The van der Waals surface area contributed by atoms with Gasteiger partial charge in [0.15, 0.2) is 11.6 Å². The van der Waals surface area contributed by atoms with Gasteiger partial charge in [-0.2, -0.15) is 5.10 Å². The van der Waals surface area contributed by atoms with Crippen molar-refractivity contribution < 1.29 is 9.13 Å². The van der Waals surface area contributed by atoms with E-state index < -0.39 is 11.9 Å². The largest absolute Gasteiger partial charge is 0.482 e. The molecule has 1 aromatic carbocycles. The molecule has 6 N–H and O–H groups in total. The molecular formula is C24H28FN7O. The number of allylic oxidation sites excluding steroid dienone is 1. The van der Waals surface area contributed by atoms with E-state index in [1.807, 2.05) is 0 Å². The number of pyridine rings is 1. The normalized spacial score (nSPS) is 22.5. The summed E-state index contributed by atoms with van der Waals surface area (Å²) in [5, 5.41) is 13.2. The molecule has 0 radical (unpaired) electrons. The highest BCUT2D eigenvalue weighted by Crippen LogP contribution is 2.33. The number of hydrogen-bond acceptors (Lipinski definition) is 8. The van der Waals surface area contributed by atoms with E-state index in [2.05, 4.69) is 15.5 Å². The van der Waals surface area contributed by atoms with Gasteiger partial charge in [-0.15, -0.1) is 0 Å². The number of nitrogen functional groups attached to an aromatic ring is 1. The van der Waals surface area contributed by atoms with Crippen LogP contribution in [0.2, 0.25) is 0 Å². The van der Waals surface area contributed by atoms with Crippen molar-refractivity contribution in [1.82, 2.24) is 10.4 Å². The highest BCUT2D eigenvalue weighted by Gasteiger charge is 2.26. The van der Waals surface area contributed by atoms with Crippen LogP contribution >= 0.6 is 0 Å². The molecule has 0 amide bonds. The number of hydrazone groups is 1. The predicted octanol–water partition coefficient (Wildman–Crippen LogP) is 3.33. The molecule has 1 atom stereocenters. The number of halogens is 1. The number of aromatic nitrogens is 1. The Bertz CT molecular complexity index is 1170. The zero-order valence-electron chi connectivity index (χ0n) is 18.7. The molecule has 1 aliphatic carbocycles. The number of ether oxygens (including phenoxy) is 1. The summed E-state index contributed by atoms with van der Waals surface area (Å²) in [4.78, 5) is 9.17. The summed E-state index contributed by atoms with van der Waals surface area (Å²) in [5.74, 6) is 0.726. The third kappa shape index (κ3) is 4.87. The minimum atomic E-state index is -0.595. The van der Waals surface area contributed by atoms with Crippen molar-refractivity contribution in [3.63, 3.8) is 0 Å². The van der Waals surface area contributed by atoms with Crippen LogP contribution in [0.3, 0.4) is 0 Å². The predicted molar refractivity (Wildman–Crippen MR) is 128 cm³/mol. The van der Waals surface area contributed by atoms with Crippen LogP contribution in [0, 0.1) is 17.1 Å². The van der Waals surface area contributed by atoms with Crippen LogP contribution < -0.4 is 21.6 Å². The van der Waals surface area contributed by atoms with Gasteiger partial charge < -0.3 is 21.6 Å². The Morgan fingerprint density at radius 2 is 2.12 bits per heavy atom. The summed E-state index contributed by atoms with van der Waals surface area (Å²) in [7, 11) is 1.66. The highest BCUT2D eigenvalue weighted by atomic mass is 19.1. The fourth-order valence-electron chi connectivity index (χ4n) is 3.81. The van der Waals surface area contributed by atoms with Crippen LogP contribution in [0.25, 0.3) is 0 Å². The Morgan fingerprint density at radius 1 is 1.33 bits per heavy atom. The Morgan fingerprint density at radius 3 is 2.82 bits per heavy atom. The lowest BCUT2D eigenvalue weighted by Crippen LogP contribution is -2.24. The molecule has 1 saturated carbocycles. The molecule has 1 aromatic heterocycles. The maximum atomic E-state index is 14.2. The van der Waals surface area contributed by atoms with Gasteiger partial charge in [0.25, 0.3) is 0 Å². The van der Waals surface area contributed by atoms with E-state index in [0.717, 1.165) is 12.8 Å². The first kappa shape index (κ1) is 22.4. The first-order valence-electron chi connectivity index (χ1n) is 10.9. The van der Waals surface area contributed by atoms with Crippen LogP contribution in [0.4, 0.5) is 10.2 Å². The topological polar surface area (TPSA) is 135 Å². The summed E-state index contributed by atoms with van der Waals surface area (Å²) in [5.41, 5.74) is 18.6. The maximum Gasteiger partial charge on any atom is 0.166 e. The van der Waals surface area contributed by atoms with Crippen molar-refractivity contribution in [2.75, 3.05) is 19.3 Å². The van der Waals surface area contributed by atoms with Gasteiger partial charge in [-0.05, 0) is 61.7 Å². The van der Waals surface area contributed by atoms with E-state index in [1.54, 1.807) is 32.3 Å². The van der Waals surface area contributed by atoms with E-state index in [-0.39, 0.29) is 18.0 Å². The highest BCUT2D eigenvalue weighted by molar-refractivity contribution is 6.48. The van der Waals surface area contributed by atoms with Crippen molar-refractivity contribution in [3.05, 3.63) is 64.7 Å². The van der Waals surface area contributed by atoms with E-state index in [1.165, 1.54) is 18.3 Å². The van der Waals surface area contributed by atoms with Gasteiger partial charge in [0, 0.05) is 42.9 Å². The average molecular weight is 450 g/mol. The summed E-state index contributed by atoms with van der Waals surface area (Å²) in [6, 6.07) is 6.04. The smallest absolute Gasteiger partial charge is 0.166 e. The Labute approximate surface area is 192 Å². The standard InChI is InChI=1S/C24H28FN7O/c1-13-19-9-17(25)5-6-18(19)22(27)20(32-29-2)7-15(10-26)23(30-11-14-3-4-14)16-8-21(33-13)24(28)31-12-16/h5-6,8-10,12-14,27,29H,3-4,7,11,26H2,1-2H3,(H2,28,31)/b15-10?,27-22?,30-23?,32-20-. The molecule has 2 aromatic rings. The number of nitrogens with one attached hydrogen (secondary N) is 2. The lowest BCUT2D eigenvalue weighted by atomic mass is 9.91. The van der Waals surface area contributed by atoms with Crippen LogP contribution in [0.15, 0.2) is 52.3 Å². The van der Waals surface area contributed by atoms with Crippen LogP contribution in [0.1, 0.15) is 49.0 Å². The molecule has 9 heteroatoms. The Hall–Kier alpha value is -3.75. The summed E-state index contributed by atoms with van der Waals surface area (Å²) in [6.45, 7) is 2.47.